The number of para-hydroxylation sites is 1. The number of guanidine groups is 1. The minimum atomic E-state index is -0.0805. The van der Waals surface area contributed by atoms with Crippen LogP contribution in [0.15, 0.2) is 53.7 Å². The van der Waals surface area contributed by atoms with E-state index in [0.717, 1.165) is 23.4 Å². The molecule has 0 saturated carbocycles. The van der Waals surface area contributed by atoms with E-state index in [4.69, 9.17) is 10.5 Å². The molecule has 1 aliphatic rings. The minimum absolute atomic E-state index is 0. The molecule has 3 rings (SSSR count). The van der Waals surface area contributed by atoms with Gasteiger partial charge in [-0.2, -0.15) is 0 Å². The average Bonchev–Trinajstić information content (AvgIpc) is 2.71. The lowest BCUT2D eigenvalue weighted by Gasteiger charge is -2.27. The van der Waals surface area contributed by atoms with E-state index >= 15 is 0 Å². The van der Waals surface area contributed by atoms with Gasteiger partial charge in [-0.25, -0.2) is 4.99 Å². The molecule has 0 saturated heterocycles. The van der Waals surface area contributed by atoms with Gasteiger partial charge < -0.3 is 20.7 Å². The van der Waals surface area contributed by atoms with Crippen LogP contribution in [0.3, 0.4) is 0 Å². The average molecular weight is 495 g/mol. The Hall–Kier alpha value is -2.36. The smallest absolute Gasteiger partial charge is 0.244 e. The predicted molar refractivity (Wildman–Crippen MR) is 120 cm³/mol. The zero-order valence-electron chi connectivity index (χ0n) is 15.9. The third-order valence-corrected chi connectivity index (χ3v) is 4.52. The summed E-state index contributed by atoms with van der Waals surface area (Å²) in [5.41, 5.74) is 8.01. The topological polar surface area (TPSA) is 92.8 Å². The molecule has 1 amide bonds. The van der Waals surface area contributed by atoms with Crippen molar-refractivity contribution in [2.45, 2.75) is 18.9 Å². The van der Waals surface area contributed by atoms with Crippen molar-refractivity contribution in [2.75, 3.05) is 26.7 Å². The second kappa shape index (κ2) is 10.8. The van der Waals surface area contributed by atoms with Crippen LogP contribution < -0.4 is 15.8 Å². The van der Waals surface area contributed by atoms with Gasteiger partial charge in [0, 0.05) is 43.9 Å². The third-order valence-electron chi connectivity index (χ3n) is 4.52. The Labute approximate surface area is 182 Å². The highest BCUT2D eigenvalue weighted by Gasteiger charge is 2.21. The van der Waals surface area contributed by atoms with E-state index in [1.807, 2.05) is 42.5 Å². The van der Waals surface area contributed by atoms with Crippen molar-refractivity contribution in [1.82, 2.24) is 15.2 Å². The molecule has 0 bridgehead atoms. The van der Waals surface area contributed by atoms with Crippen LogP contribution in [0.4, 0.5) is 0 Å². The Kier molecular flexibility index (Phi) is 8.49. The molecule has 150 valence electrons. The summed E-state index contributed by atoms with van der Waals surface area (Å²) in [5, 5.41) is 3.19. The van der Waals surface area contributed by atoms with E-state index in [9.17, 15) is 4.79 Å². The van der Waals surface area contributed by atoms with Crippen molar-refractivity contribution < 1.29 is 9.53 Å². The number of nitrogens with zero attached hydrogens (tertiary/aromatic N) is 3. The Bertz CT molecular complexity index is 800. The SMILES string of the molecule is CN(CCc1ccccn1)C(=O)CN=C(N)NC1CCOc2ccccc21.I. The lowest BCUT2D eigenvalue weighted by Crippen LogP contribution is -2.38. The first-order chi connectivity index (χ1) is 13.1. The Morgan fingerprint density at radius 1 is 1.32 bits per heavy atom. The van der Waals surface area contributed by atoms with Gasteiger partial charge in [-0.1, -0.05) is 24.3 Å². The summed E-state index contributed by atoms with van der Waals surface area (Å²) < 4.78 is 5.64. The number of nitrogens with two attached hydrogens (primary N) is 1. The predicted octanol–water partition coefficient (Wildman–Crippen LogP) is 2.13. The highest BCUT2D eigenvalue weighted by Crippen LogP contribution is 2.31. The van der Waals surface area contributed by atoms with E-state index in [1.54, 1.807) is 18.1 Å². The molecule has 1 aromatic heterocycles. The number of aromatic nitrogens is 1. The maximum absolute atomic E-state index is 12.3. The van der Waals surface area contributed by atoms with Crippen LogP contribution in [-0.2, 0) is 11.2 Å². The molecular formula is C20H26IN5O2. The van der Waals surface area contributed by atoms with Crippen LogP contribution in [0, 0.1) is 0 Å². The van der Waals surface area contributed by atoms with Gasteiger partial charge in [0.1, 0.15) is 12.3 Å². The minimum Gasteiger partial charge on any atom is -0.493 e. The summed E-state index contributed by atoms with van der Waals surface area (Å²) in [5.74, 6) is 1.05. The number of likely N-dealkylation sites (N-methyl/N-ethyl adjacent to an activating group) is 1. The molecule has 7 nitrogen and oxygen atoms in total. The molecule has 28 heavy (non-hydrogen) atoms. The van der Waals surface area contributed by atoms with E-state index in [-0.39, 0.29) is 48.4 Å². The van der Waals surface area contributed by atoms with Crippen molar-refractivity contribution in [2.24, 2.45) is 10.7 Å². The fourth-order valence-electron chi connectivity index (χ4n) is 2.94. The number of hydrogen-bond acceptors (Lipinski definition) is 4. The van der Waals surface area contributed by atoms with E-state index in [2.05, 4.69) is 15.3 Å². The number of aliphatic imine (C=N–C) groups is 1. The van der Waals surface area contributed by atoms with E-state index < -0.39 is 0 Å². The van der Waals surface area contributed by atoms with Crippen LogP contribution in [0.2, 0.25) is 0 Å². The number of pyridine rings is 1. The first kappa shape index (κ1) is 21.9. The molecule has 0 spiro atoms. The van der Waals surface area contributed by atoms with Crippen LogP contribution in [0.25, 0.3) is 0 Å². The van der Waals surface area contributed by atoms with Crippen LogP contribution >= 0.6 is 24.0 Å². The molecule has 2 heterocycles. The molecular weight excluding hydrogens is 469 g/mol. The molecule has 0 fully saturated rings. The summed E-state index contributed by atoms with van der Waals surface area (Å²) in [4.78, 5) is 22.4. The van der Waals surface area contributed by atoms with Gasteiger partial charge in [0.15, 0.2) is 5.96 Å². The summed E-state index contributed by atoms with van der Waals surface area (Å²) in [6, 6.07) is 13.7. The van der Waals surface area contributed by atoms with Crippen molar-refractivity contribution in [3.8, 4) is 5.75 Å². The molecule has 3 N–H and O–H groups in total. The second-order valence-electron chi connectivity index (χ2n) is 6.46. The summed E-state index contributed by atoms with van der Waals surface area (Å²) in [6.07, 6.45) is 3.26. The molecule has 1 atom stereocenters. The highest BCUT2D eigenvalue weighted by molar-refractivity contribution is 14.0. The van der Waals surface area contributed by atoms with Gasteiger partial charge >= 0.3 is 0 Å². The maximum Gasteiger partial charge on any atom is 0.244 e. The number of amides is 1. The number of benzene rings is 1. The van der Waals surface area contributed by atoms with Crippen LogP contribution in [0.5, 0.6) is 5.75 Å². The monoisotopic (exact) mass is 495 g/mol. The quantitative estimate of drug-likeness (QED) is 0.364. The highest BCUT2D eigenvalue weighted by atomic mass is 127. The summed E-state index contributed by atoms with van der Waals surface area (Å²) in [6.45, 7) is 1.23. The summed E-state index contributed by atoms with van der Waals surface area (Å²) >= 11 is 0. The van der Waals surface area contributed by atoms with Gasteiger partial charge in [-0.05, 0) is 18.2 Å². The van der Waals surface area contributed by atoms with Crippen molar-refractivity contribution in [3.05, 3.63) is 59.9 Å². The standard InChI is InChI=1S/C20H25N5O2.HI/c1-25(12-9-15-6-4-5-11-22-15)19(26)14-23-20(21)24-17-10-13-27-18-8-3-2-7-16(17)18;/h2-8,11,17H,9-10,12-14H2,1H3,(H3,21,23,24);1H. The van der Waals surface area contributed by atoms with Crippen molar-refractivity contribution in [3.63, 3.8) is 0 Å². The Balaban J connectivity index is 0.00000280. The number of carbonyl (C=O) groups excluding carboxylic acids is 1. The lowest BCUT2D eigenvalue weighted by atomic mass is 10.0. The van der Waals surface area contributed by atoms with Gasteiger partial charge in [0.05, 0.1) is 12.6 Å². The molecule has 1 aliphatic heterocycles. The Morgan fingerprint density at radius 3 is 2.89 bits per heavy atom. The maximum atomic E-state index is 12.3. The van der Waals surface area contributed by atoms with Gasteiger partial charge in [0.25, 0.3) is 0 Å². The van der Waals surface area contributed by atoms with E-state index in [1.165, 1.54) is 0 Å². The number of hydrogen-bond donors (Lipinski definition) is 2. The fraction of sp³-hybridized carbons (Fsp3) is 0.350. The molecule has 8 heteroatoms. The first-order valence-corrected chi connectivity index (χ1v) is 9.05. The van der Waals surface area contributed by atoms with Crippen LogP contribution in [0.1, 0.15) is 23.7 Å². The number of rotatable bonds is 6. The normalized spacial score (nSPS) is 15.6. The molecule has 1 aromatic carbocycles. The van der Waals surface area contributed by atoms with Gasteiger partial charge in [-0.15, -0.1) is 24.0 Å². The van der Waals surface area contributed by atoms with E-state index in [0.29, 0.717) is 19.6 Å². The number of nitrogens with one attached hydrogen (secondary N) is 1. The van der Waals surface area contributed by atoms with Crippen molar-refractivity contribution in [1.29, 1.82) is 0 Å². The van der Waals surface area contributed by atoms with Crippen LogP contribution in [-0.4, -0.2) is 48.5 Å². The lowest BCUT2D eigenvalue weighted by molar-refractivity contribution is -0.128. The number of halogens is 1. The Morgan fingerprint density at radius 2 is 2.11 bits per heavy atom. The number of fused-ring (bicyclic) bond motifs is 1. The molecule has 0 aliphatic carbocycles. The second-order valence-corrected chi connectivity index (χ2v) is 6.46. The third kappa shape index (κ3) is 6.08. The largest absolute Gasteiger partial charge is 0.493 e. The fourth-order valence-corrected chi connectivity index (χ4v) is 2.94. The van der Waals surface area contributed by atoms with Gasteiger partial charge in [-0.3, -0.25) is 9.78 Å². The number of carbonyl (C=O) groups is 1. The zero-order valence-corrected chi connectivity index (χ0v) is 18.2. The summed E-state index contributed by atoms with van der Waals surface area (Å²) in [7, 11) is 1.76. The first-order valence-electron chi connectivity index (χ1n) is 9.05. The van der Waals surface area contributed by atoms with Gasteiger partial charge in [0.2, 0.25) is 5.91 Å². The molecule has 1 unspecified atom stereocenters. The van der Waals surface area contributed by atoms with Crippen molar-refractivity contribution >= 4 is 35.8 Å². The number of ether oxygens (including phenoxy) is 1. The zero-order chi connectivity index (χ0) is 19.1. The molecule has 2 aromatic rings. The molecule has 0 radical (unpaired) electrons.